The Kier molecular flexibility index (Phi) is 6.48. The van der Waals surface area contributed by atoms with Crippen LogP contribution < -0.4 is 5.48 Å². The Morgan fingerprint density at radius 2 is 1.71 bits per heavy atom. The number of nitrogens with one attached hydrogen (secondary N) is 1. The lowest BCUT2D eigenvalue weighted by Crippen LogP contribution is -2.83. The Morgan fingerprint density at radius 3 is 2.25 bits per heavy atom. The Hall–Kier alpha value is 0.0896. The van der Waals surface area contributed by atoms with Gasteiger partial charge in [0.1, 0.15) is 0 Å². The summed E-state index contributed by atoms with van der Waals surface area (Å²) < 4.78 is 18.2. The van der Waals surface area contributed by atoms with Gasteiger partial charge in [-0.3, -0.25) is 4.79 Å². The second-order valence-electron chi connectivity index (χ2n) is 7.32. The van der Waals surface area contributed by atoms with Crippen LogP contribution in [0.1, 0.15) is 19.3 Å². The number of ether oxygens (including phenoxy) is 3. The lowest BCUT2D eigenvalue weighted by molar-refractivity contribution is -0.251. The highest BCUT2D eigenvalue weighted by atomic mass is 31.1. The maximum atomic E-state index is 13.1. The number of amides is 1. The molecule has 3 saturated heterocycles. The van der Waals surface area contributed by atoms with Gasteiger partial charge in [0, 0.05) is 18.4 Å². The maximum absolute atomic E-state index is 13.1. The van der Waals surface area contributed by atoms with E-state index in [2.05, 4.69) is 5.48 Å². The second kappa shape index (κ2) is 7.97. The van der Waals surface area contributed by atoms with Crippen molar-refractivity contribution in [1.82, 2.24) is 10.2 Å². The van der Waals surface area contributed by atoms with E-state index < -0.39 is 39.8 Å². The van der Waals surface area contributed by atoms with Gasteiger partial charge in [-0.05, 0) is 19.5 Å². The second-order valence-corrected chi connectivity index (χ2v) is 8.21. The molecule has 12 radical (unpaired) electrons. The van der Waals surface area contributed by atoms with E-state index in [4.69, 9.17) is 66.1 Å². The molecule has 1 amide bonds. The molecule has 0 aromatic rings. The minimum Gasteiger partial charge on any atom is -0.350 e. The van der Waals surface area contributed by atoms with Crippen LogP contribution in [0.4, 0.5) is 0 Å². The van der Waals surface area contributed by atoms with Gasteiger partial charge in [-0.25, -0.2) is 10.3 Å². The molecule has 3 aliphatic heterocycles. The average molecular weight is 391 g/mol. The number of nitrogens with zero attached hydrogens (tertiary/aromatic N) is 1. The summed E-state index contributed by atoms with van der Waals surface area (Å²) in [5.74, 6) is -4.15. The molecule has 14 heteroatoms. The highest BCUT2D eigenvalue weighted by Gasteiger charge is 2.70. The summed E-state index contributed by atoms with van der Waals surface area (Å²) in [7, 11) is 37.8. The topological polar surface area (TPSA) is 69.3 Å². The molecule has 3 fully saturated rings. The first kappa shape index (κ1) is 22.8. The third-order valence-corrected chi connectivity index (χ3v) is 6.67. The summed E-state index contributed by atoms with van der Waals surface area (Å²) in [6.45, 7) is 2.54. The number of carbonyl (C=O) groups is 1. The molecule has 3 atom stereocenters. The lowest BCUT2D eigenvalue weighted by Gasteiger charge is -2.70. The number of hydrogen-bond acceptors (Lipinski definition) is 6. The largest absolute Gasteiger partial charge is 0.350 e. The van der Waals surface area contributed by atoms with Gasteiger partial charge >= 0.3 is 0 Å². The molecule has 28 heavy (non-hydrogen) atoms. The molecule has 3 heterocycles. The zero-order valence-electron chi connectivity index (χ0n) is 15.8. The van der Waals surface area contributed by atoms with Crippen LogP contribution in [0.25, 0.3) is 0 Å². The van der Waals surface area contributed by atoms with Crippen molar-refractivity contribution in [2.24, 2.45) is 5.92 Å². The summed E-state index contributed by atoms with van der Waals surface area (Å²) in [6.07, 6.45) is 1.87. The minimum atomic E-state index is -2.04. The Morgan fingerprint density at radius 1 is 1.07 bits per heavy atom. The quantitative estimate of drug-likeness (QED) is 0.336. The average Bonchev–Trinajstić information content (AvgIpc) is 3.11. The van der Waals surface area contributed by atoms with Crippen molar-refractivity contribution in [3.05, 3.63) is 0 Å². The predicted molar refractivity (Wildman–Crippen MR) is 110 cm³/mol. The van der Waals surface area contributed by atoms with E-state index in [9.17, 15) is 4.79 Å². The number of hydroxylamine groups is 1. The number of carbonyl (C=O) groups excluding carboxylic acids is 1. The van der Waals surface area contributed by atoms with Crippen molar-refractivity contribution in [2.45, 2.75) is 47.2 Å². The Labute approximate surface area is 175 Å². The van der Waals surface area contributed by atoms with Crippen LogP contribution >= 0.6 is 8.73 Å². The van der Waals surface area contributed by atoms with Gasteiger partial charge in [-0.15, -0.1) is 0 Å². The fourth-order valence-corrected chi connectivity index (χ4v) is 5.09. The zero-order valence-corrected chi connectivity index (χ0v) is 16.8. The van der Waals surface area contributed by atoms with E-state index in [1.165, 1.54) is 4.67 Å². The lowest BCUT2D eigenvalue weighted by atomic mass is 9.25. The van der Waals surface area contributed by atoms with Crippen molar-refractivity contribution in [2.75, 3.05) is 26.5 Å². The highest BCUT2D eigenvalue weighted by molar-refractivity contribution is 7.35. The highest BCUT2D eigenvalue weighted by Crippen LogP contribution is 2.60. The molecule has 0 aromatic heterocycles. The first-order valence-corrected chi connectivity index (χ1v) is 10.5. The summed E-state index contributed by atoms with van der Waals surface area (Å²) in [4.78, 5) is 18.5. The van der Waals surface area contributed by atoms with Crippen molar-refractivity contribution in [3.8, 4) is 0 Å². The van der Waals surface area contributed by atoms with Crippen molar-refractivity contribution in [1.29, 1.82) is 0 Å². The molecule has 1 N–H and O–H groups in total. The van der Waals surface area contributed by atoms with Crippen LogP contribution in [0.15, 0.2) is 0 Å². The number of hydrogen-bond donors (Lipinski definition) is 1. The van der Waals surface area contributed by atoms with Gasteiger partial charge < -0.3 is 18.9 Å². The van der Waals surface area contributed by atoms with Gasteiger partial charge in [0.05, 0.1) is 66.2 Å². The normalized spacial score (nSPS) is 33.9. The molecule has 1 spiro atoms. The van der Waals surface area contributed by atoms with Crippen LogP contribution in [0, 0.1) is 5.92 Å². The molecule has 3 rings (SSSR count). The zero-order chi connectivity index (χ0) is 20.8. The molecule has 0 bridgehead atoms. The van der Waals surface area contributed by atoms with Gasteiger partial charge in [-0.1, -0.05) is 19.3 Å². The van der Waals surface area contributed by atoms with E-state index in [0.29, 0.717) is 13.0 Å². The van der Waals surface area contributed by atoms with Gasteiger partial charge in [0.25, 0.3) is 5.91 Å². The van der Waals surface area contributed by atoms with Crippen LogP contribution in [-0.2, 0) is 23.8 Å². The van der Waals surface area contributed by atoms with Crippen molar-refractivity contribution < 1.29 is 23.8 Å². The van der Waals surface area contributed by atoms with E-state index in [1.807, 2.05) is 0 Å². The molecular weight excluding hydrogens is 372 g/mol. The standard InChI is InChI=1S/C14H19B6N2O5P/c1-28-22-13(17,18)11(15,16)9(12(14(22,19)20)25-6-7-26-12)10(23)21-27-8-4-2-3-5-24-8/h8-9,28H,2-7H2,1H3,(H,21,23). The molecule has 3 aliphatic rings. The van der Waals surface area contributed by atoms with Gasteiger partial charge in [-0.2, -0.15) is 0 Å². The van der Waals surface area contributed by atoms with E-state index in [1.54, 1.807) is 6.66 Å². The van der Waals surface area contributed by atoms with E-state index in [-0.39, 0.29) is 21.9 Å². The number of piperidine rings is 1. The smallest absolute Gasteiger partial charge is 0.251 e. The molecule has 7 nitrogen and oxygen atoms in total. The van der Waals surface area contributed by atoms with Crippen LogP contribution in [-0.4, -0.2) is 107 Å². The monoisotopic (exact) mass is 392 g/mol. The van der Waals surface area contributed by atoms with Gasteiger partial charge in [0.2, 0.25) is 0 Å². The fraction of sp³-hybridized carbons (Fsp3) is 0.929. The molecule has 0 saturated carbocycles. The third-order valence-electron chi connectivity index (χ3n) is 5.48. The summed E-state index contributed by atoms with van der Waals surface area (Å²) >= 11 is 0. The van der Waals surface area contributed by atoms with Crippen LogP contribution in [0.2, 0.25) is 5.21 Å². The summed E-state index contributed by atoms with van der Waals surface area (Å²) in [5.41, 5.74) is 2.31. The third kappa shape index (κ3) is 3.34. The first-order chi connectivity index (χ1) is 13.0. The minimum absolute atomic E-state index is 0.105. The summed E-state index contributed by atoms with van der Waals surface area (Å²) in [5, 5.41) is -5.89. The van der Waals surface area contributed by atoms with E-state index in [0.717, 1.165) is 12.8 Å². The predicted octanol–water partition coefficient (Wildman–Crippen LogP) is -2.11. The molecule has 3 unspecified atom stereocenters. The molecular formula is C14H19B6N2O5P. The summed E-state index contributed by atoms with van der Waals surface area (Å²) in [6, 6.07) is 0. The van der Waals surface area contributed by atoms with Gasteiger partial charge in [0.15, 0.2) is 12.1 Å². The Balaban J connectivity index is 1.94. The molecule has 0 aliphatic carbocycles. The SMILES string of the molecule is [B]C1([B])C(C(=O)NOC2CCCCO2)C2(OCCO2)C([B])([B])N(PC)C1([B])[B]. The Bertz CT molecular complexity index is 601. The fourth-order valence-electron chi connectivity index (χ4n) is 4.00. The molecule has 138 valence electrons. The molecule has 0 aromatic carbocycles. The maximum Gasteiger partial charge on any atom is 0.251 e. The number of rotatable bonds is 4. The van der Waals surface area contributed by atoms with Crippen LogP contribution in [0.3, 0.4) is 0 Å². The van der Waals surface area contributed by atoms with Crippen LogP contribution in [0.5, 0.6) is 0 Å². The van der Waals surface area contributed by atoms with Crippen molar-refractivity contribution in [3.63, 3.8) is 0 Å². The first-order valence-electron chi connectivity index (χ1n) is 9.08. The van der Waals surface area contributed by atoms with Crippen molar-refractivity contribution >= 4 is 61.7 Å². The van der Waals surface area contributed by atoms with E-state index >= 15 is 0 Å².